The first kappa shape index (κ1) is 13.6. The van der Waals surface area contributed by atoms with Crippen molar-refractivity contribution in [2.45, 2.75) is 6.92 Å². The molecule has 0 unspecified atom stereocenters. The molecule has 6 nitrogen and oxygen atoms in total. The first-order chi connectivity index (χ1) is 9.13. The van der Waals surface area contributed by atoms with Gasteiger partial charge in [0, 0.05) is 11.9 Å². The lowest BCUT2D eigenvalue weighted by atomic mass is 10.2. The van der Waals surface area contributed by atoms with Crippen molar-refractivity contribution in [1.82, 2.24) is 9.97 Å². The topological polar surface area (TPSA) is 85.1 Å². The van der Waals surface area contributed by atoms with Crippen molar-refractivity contribution in [3.8, 4) is 5.75 Å². The van der Waals surface area contributed by atoms with Gasteiger partial charge in [0.05, 0.1) is 11.6 Å². The largest absolute Gasteiger partial charge is 0.497 e. The Morgan fingerprint density at radius 1 is 1.37 bits per heavy atom. The maximum Gasteiger partial charge on any atom is 0.239 e. The standard InChI is InChI=1S/C12H14BrN5O/c1-7-5-8(19-2)3-4-10(7)16-11-9(13)6-15-12(17-11)18-14/h3-6H,14H2,1-2H3,(H2,15,16,17,18). The maximum atomic E-state index is 5.30. The number of methoxy groups -OCH3 is 1. The second kappa shape index (κ2) is 5.85. The van der Waals surface area contributed by atoms with E-state index in [4.69, 9.17) is 10.6 Å². The molecule has 0 amide bonds. The molecule has 0 fully saturated rings. The van der Waals surface area contributed by atoms with Crippen molar-refractivity contribution in [3.63, 3.8) is 0 Å². The summed E-state index contributed by atoms with van der Waals surface area (Å²) in [4.78, 5) is 8.23. The van der Waals surface area contributed by atoms with Crippen LogP contribution < -0.4 is 21.3 Å². The predicted octanol–water partition coefficient (Wildman–Crippen LogP) is 2.59. The molecular formula is C12H14BrN5O. The highest BCUT2D eigenvalue weighted by Gasteiger charge is 2.07. The van der Waals surface area contributed by atoms with E-state index >= 15 is 0 Å². The normalized spacial score (nSPS) is 10.1. The molecule has 0 saturated heterocycles. The first-order valence-corrected chi connectivity index (χ1v) is 6.34. The average molecular weight is 324 g/mol. The monoisotopic (exact) mass is 323 g/mol. The molecule has 0 saturated carbocycles. The molecule has 0 aliphatic rings. The van der Waals surface area contributed by atoms with E-state index in [1.165, 1.54) is 0 Å². The number of anilines is 3. The Labute approximate surface area is 119 Å². The third-order valence-electron chi connectivity index (χ3n) is 2.56. The minimum absolute atomic E-state index is 0.344. The van der Waals surface area contributed by atoms with Gasteiger partial charge in [-0.05, 0) is 46.6 Å². The molecule has 0 radical (unpaired) electrons. The van der Waals surface area contributed by atoms with E-state index < -0.39 is 0 Å². The second-order valence-corrected chi connectivity index (χ2v) is 4.69. The van der Waals surface area contributed by atoms with Gasteiger partial charge in [0.1, 0.15) is 11.6 Å². The summed E-state index contributed by atoms with van der Waals surface area (Å²) in [5, 5.41) is 3.22. The quantitative estimate of drug-likeness (QED) is 0.592. The van der Waals surface area contributed by atoms with Crippen LogP contribution in [-0.4, -0.2) is 17.1 Å². The molecule has 0 spiro atoms. The fourth-order valence-electron chi connectivity index (χ4n) is 1.56. The van der Waals surface area contributed by atoms with Gasteiger partial charge in [0.15, 0.2) is 0 Å². The van der Waals surface area contributed by atoms with Crippen molar-refractivity contribution in [2.75, 3.05) is 17.9 Å². The van der Waals surface area contributed by atoms with Crippen LogP contribution in [0.15, 0.2) is 28.9 Å². The van der Waals surface area contributed by atoms with E-state index in [0.29, 0.717) is 11.8 Å². The summed E-state index contributed by atoms with van der Waals surface area (Å²) < 4.78 is 5.92. The van der Waals surface area contributed by atoms with Gasteiger partial charge >= 0.3 is 0 Å². The summed E-state index contributed by atoms with van der Waals surface area (Å²) in [6, 6.07) is 5.75. The van der Waals surface area contributed by atoms with Gasteiger partial charge in [-0.1, -0.05) is 0 Å². The summed E-state index contributed by atoms with van der Waals surface area (Å²) in [5.41, 5.74) is 4.39. The lowest BCUT2D eigenvalue weighted by molar-refractivity contribution is 0.414. The lowest BCUT2D eigenvalue weighted by Gasteiger charge is -2.12. The van der Waals surface area contributed by atoms with Gasteiger partial charge < -0.3 is 10.1 Å². The van der Waals surface area contributed by atoms with Crippen LogP contribution in [0, 0.1) is 6.92 Å². The van der Waals surface area contributed by atoms with E-state index in [2.05, 4.69) is 36.6 Å². The number of nitrogens with zero attached hydrogens (tertiary/aromatic N) is 2. The Bertz CT molecular complexity index is 590. The minimum Gasteiger partial charge on any atom is -0.497 e. The highest BCUT2D eigenvalue weighted by molar-refractivity contribution is 9.10. The molecule has 1 heterocycles. The molecule has 100 valence electrons. The molecular weight excluding hydrogens is 310 g/mol. The molecule has 2 rings (SSSR count). The molecule has 7 heteroatoms. The van der Waals surface area contributed by atoms with Crippen molar-refractivity contribution >= 4 is 33.4 Å². The molecule has 1 aromatic heterocycles. The fourth-order valence-corrected chi connectivity index (χ4v) is 1.85. The van der Waals surface area contributed by atoms with Crippen LogP contribution in [0.5, 0.6) is 5.75 Å². The van der Waals surface area contributed by atoms with Crippen molar-refractivity contribution in [2.24, 2.45) is 5.84 Å². The predicted molar refractivity (Wildman–Crippen MR) is 78.6 cm³/mol. The molecule has 4 N–H and O–H groups in total. The number of aromatic nitrogens is 2. The van der Waals surface area contributed by atoms with Crippen LogP contribution in [0.3, 0.4) is 0 Å². The zero-order valence-corrected chi connectivity index (χ0v) is 12.2. The van der Waals surface area contributed by atoms with Crippen LogP contribution in [0.4, 0.5) is 17.5 Å². The molecule has 0 atom stereocenters. The Kier molecular flexibility index (Phi) is 4.18. The molecule has 0 aliphatic carbocycles. The van der Waals surface area contributed by atoms with Crippen molar-refractivity contribution in [1.29, 1.82) is 0 Å². The zero-order chi connectivity index (χ0) is 13.8. The summed E-state index contributed by atoms with van der Waals surface area (Å²) in [7, 11) is 1.64. The van der Waals surface area contributed by atoms with Crippen molar-refractivity contribution in [3.05, 3.63) is 34.4 Å². The second-order valence-electron chi connectivity index (χ2n) is 3.84. The number of rotatable bonds is 4. The number of nitrogens with one attached hydrogen (secondary N) is 2. The minimum atomic E-state index is 0.344. The average Bonchev–Trinajstić information content (AvgIpc) is 2.43. The lowest BCUT2D eigenvalue weighted by Crippen LogP contribution is -2.11. The number of hydrogen-bond donors (Lipinski definition) is 3. The molecule has 0 aliphatic heterocycles. The SMILES string of the molecule is COc1ccc(Nc2nc(NN)ncc2Br)c(C)c1. The number of hydrazine groups is 1. The van der Waals surface area contributed by atoms with Gasteiger partial charge in [0.2, 0.25) is 5.95 Å². The van der Waals surface area contributed by atoms with Crippen LogP contribution >= 0.6 is 15.9 Å². The van der Waals surface area contributed by atoms with E-state index in [1.54, 1.807) is 13.3 Å². The van der Waals surface area contributed by atoms with E-state index in [9.17, 15) is 0 Å². The number of ether oxygens (including phenoxy) is 1. The first-order valence-electron chi connectivity index (χ1n) is 5.55. The number of benzene rings is 1. The highest BCUT2D eigenvalue weighted by atomic mass is 79.9. The van der Waals surface area contributed by atoms with Crippen LogP contribution in [-0.2, 0) is 0 Å². The number of nitrogens with two attached hydrogens (primary N) is 1. The Balaban J connectivity index is 2.30. The third-order valence-corrected chi connectivity index (χ3v) is 3.14. The molecule has 1 aromatic carbocycles. The summed E-state index contributed by atoms with van der Waals surface area (Å²) in [6.07, 6.45) is 1.63. The fraction of sp³-hybridized carbons (Fsp3) is 0.167. The molecule has 0 bridgehead atoms. The van der Waals surface area contributed by atoms with E-state index in [-0.39, 0.29) is 0 Å². The number of nitrogen functional groups attached to an aromatic ring is 1. The van der Waals surface area contributed by atoms with E-state index in [1.807, 2.05) is 25.1 Å². The summed E-state index contributed by atoms with van der Waals surface area (Å²) >= 11 is 3.39. The highest BCUT2D eigenvalue weighted by Crippen LogP contribution is 2.27. The zero-order valence-electron chi connectivity index (χ0n) is 10.6. The smallest absolute Gasteiger partial charge is 0.239 e. The van der Waals surface area contributed by atoms with Crippen LogP contribution in [0.25, 0.3) is 0 Å². The number of aryl methyl sites for hydroxylation is 1. The molecule has 19 heavy (non-hydrogen) atoms. The Morgan fingerprint density at radius 2 is 2.16 bits per heavy atom. The Hall–Kier alpha value is -1.86. The third kappa shape index (κ3) is 3.12. The van der Waals surface area contributed by atoms with E-state index in [0.717, 1.165) is 21.5 Å². The van der Waals surface area contributed by atoms with Crippen molar-refractivity contribution < 1.29 is 4.74 Å². The van der Waals surface area contributed by atoms with Gasteiger partial charge in [-0.2, -0.15) is 4.98 Å². The van der Waals surface area contributed by atoms with Crippen LogP contribution in [0.2, 0.25) is 0 Å². The molecule has 2 aromatic rings. The summed E-state index contributed by atoms with van der Waals surface area (Å²) in [6.45, 7) is 1.99. The summed E-state index contributed by atoms with van der Waals surface area (Å²) in [5.74, 6) is 7.09. The number of halogens is 1. The maximum absolute atomic E-state index is 5.30. The van der Waals surface area contributed by atoms with Crippen LogP contribution in [0.1, 0.15) is 5.56 Å². The van der Waals surface area contributed by atoms with Gasteiger partial charge in [-0.15, -0.1) is 0 Å². The van der Waals surface area contributed by atoms with Gasteiger partial charge in [-0.3, -0.25) is 5.43 Å². The number of hydrogen-bond acceptors (Lipinski definition) is 6. The Morgan fingerprint density at radius 3 is 2.79 bits per heavy atom. The van der Waals surface area contributed by atoms with Gasteiger partial charge in [0.25, 0.3) is 0 Å². The van der Waals surface area contributed by atoms with Gasteiger partial charge in [-0.25, -0.2) is 10.8 Å².